The number of hydrogen-bond donors (Lipinski definition) is 3. The van der Waals surface area contributed by atoms with Crippen LogP contribution in [0.15, 0.2) is 22.4 Å². The van der Waals surface area contributed by atoms with Gasteiger partial charge in [0.25, 0.3) is 10.0 Å². The minimum absolute atomic E-state index is 0.0845. The zero-order chi connectivity index (χ0) is 19.4. The highest BCUT2D eigenvalue weighted by Crippen LogP contribution is 2.39. The number of ether oxygens (including phenoxy) is 2. The van der Waals surface area contributed by atoms with Crippen molar-refractivity contribution >= 4 is 62.2 Å². The molecule has 0 radical (unpaired) electrons. The van der Waals surface area contributed by atoms with E-state index in [2.05, 4.69) is 0 Å². The molecule has 0 unspecified atom stereocenters. The van der Waals surface area contributed by atoms with Gasteiger partial charge in [-0.05, 0) is 17.5 Å². The van der Waals surface area contributed by atoms with Crippen molar-refractivity contribution in [1.29, 1.82) is 0 Å². The lowest BCUT2D eigenvalue weighted by Crippen LogP contribution is -2.23. The third-order valence-electron chi connectivity index (χ3n) is 2.95. The Bertz CT molecular complexity index is 868. The van der Waals surface area contributed by atoms with Gasteiger partial charge >= 0.3 is 7.60 Å². The highest BCUT2D eigenvalue weighted by atomic mass is 35.5. The molecule has 1 aromatic heterocycles. The number of nitrogens with one attached hydrogen (secondary N) is 1. The van der Waals surface area contributed by atoms with E-state index in [1.165, 1.54) is 6.07 Å². The van der Waals surface area contributed by atoms with E-state index in [1.54, 1.807) is 12.1 Å². The van der Waals surface area contributed by atoms with Crippen LogP contribution < -0.4 is 14.2 Å². The third kappa shape index (κ3) is 5.97. The minimum atomic E-state index is -4.51. The molecule has 8 nitrogen and oxygen atoms in total. The highest BCUT2D eigenvalue weighted by molar-refractivity contribution is 7.92. The molecule has 0 atom stereocenters. The van der Waals surface area contributed by atoms with Crippen LogP contribution in [-0.4, -0.2) is 49.5 Å². The molecule has 1 aromatic carbocycles. The highest BCUT2D eigenvalue weighted by Gasteiger charge is 2.23. The Morgan fingerprint density at radius 3 is 2.19 bits per heavy atom. The van der Waals surface area contributed by atoms with Crippen molar-refractivity contribution in [2.45, 2.75) is 4.21 Å². The zero-order valence-electron chi connectivity index (χ0n) is 13.2. The van der Waals surface area contributed by atoms with Gasteiger partial charge in [-0.2, -0.15) is 4.72 Å². The van der Waals surface area contributed by atoms with E-state index < -0.39 is 23.9 Å². The molecule has 146 valence electrons. The summed E-state index contributed by atoms with van der Waals surface area (Å²) in [5, 5.41) is 0.578. The molecule has 2 aromatic rings. The van der Waals surface area contributed by atoms with E-state index in [0.29, 0.717) is 21.6 Å². The van der Waals surface area contributed by atoms with Crippen LogP contribution in [0, 0.1) is 0 Å². The number of alkyl halides is 2. The van der Waals surface area contributed by atoms with Crippen LogP contribution in [0.2, 0.25) is 0 Å². The van der Waals surface area contributed by atoms with Gasteiger partial charge in [0.15, 0.2) is 11.5 Å². The lowest BCUT2D eigenvalue weighted by atomic mass is 10.2. The van der Waals surface area contributed by atoms with Crippen molar-refractivity contribution in [1.82, 2.24) is 4.72 Å². The Hall–Kier alpha value is -0.580. The lowest BCUT2D eigenvalue weighted by molar-refractivity contribution is 0.291. The van der Waals surface area contributed by atoms with Gasteiger partial charge in [-0.3, -0.25) is 4.57 Å². The van der Waals surface area contributed by atoms with E-state index in [-0.39, 0.29) is 29.2 Å². The third-order valence-corrected chi connectivity index (χ3v) is 7.02. The Balaban J connectivity index is 2.38. The topological polar surface area (TPSA) is 122 Å². The fraction of sp³-hybridized carbons (Fsp3) is 0.385. The van der Waals surface area contributed by atoms with E-state index >= 15 is 0 Å². The molecule has 2 rings (SSSR count). The standard InChI is InChI=1S/C13H16Cl2NO7PS2/c14-1-3-22-10-5-9-6-13(26(20,21)16-8-24(17,18)19)25-12(9)7-11(10)23-4-2-15/h5-7,16H,1-4,8H2,(H2,17,18,19). The van der Waals surface area contributed by atoms with Gasteiger partial charge in [-0.25, -0.2) is 8.42 Å². The predicted molar refractivity (Wildman–Crippen MR) is 101 cm³/mol. The summed E-state index contributed by atoms with van der Waals surface area (Å²) < 4.78 is 48.8. The van der Waals surface area contributed by atoms with Crippen LogP contribution in [0.5, 0.6) is 11.5 Å². The largest absolute Gasteiger partial charge is 0.488 e. The Morgan fingerprint density at radius 2 is 1.65 bits per heavy atom. The van der Waals surface area contributed by atoms with Gasteiger partial charge in [0, 0.05) is 10.8 Å². The van der Waals surface area contributed by atoms with E-state index in [4.69, 9.17) is 42.5 Å². The monoisotopic (exact) mass is 463 g/mol. The van der Waals surface area contributed by atoms with Crippen molar-refractivity contribution in [2.24, 2.45) is 0 Å². The predicted octanol–water partition coefficient (Wildman–Crippen LogP) is 2.55. The molecule has 0 aliphatic carbocycles. The maximum Gasteiger partial charge on any atom is 0.340 e. The second kappa shape index (κ2) is 9.07. The molecule has 0 fully saturated rings. The Labute approximate surface area is 164 Å². The maximum absolute atomic E-state index is 12.2. The number of sulfonamides is 1. The molecule has 0 aliphatic rings. The average molecular weight is 464 g/mol. The zero-order valence-corrected chi connectivity index (χ0v) is 17.3. The Kier molecular flexibility index (Phi) is 7.58. The number of thiophene rings is 1. The molecule has 0 amide bonds. The smallest absolute Gasteiger partial charge is 0.340 e. The molecule has 0 saturated carbocycles. The van der Waals surface area contributed by atoms with Crippen molar-refractivity contribution in [2.75, 3.05) is 31.3 Å². The molecular weight excluding hydrogens is 448 g/mol. The van der Waals surface area contributed by atoms with Crippen LogP contribution in [0.3, 0.4) is 0 Å². The minimum Gasteiger partial charge on any atom is -0.488 e. The van der Waals surface area contributed by atoms with Gasteiger partial charge in [0.05, 0.1) is 11.8 Å². The van der Waals surface area contributed by atoms with Gasteiger partial charge in [0.2, 0.25) is 0 Å². The summed E-state index contributed by atoms with van der Waals surface area (Å²) in [7, 11) is -8.57. The summed E-state index contributed by atoms with van der Waals surface area (Å²) in [5.41, 5.74) is 0. The van der Waals surface area contributed by atoms with Crippen molar-refractivity contribution in [3.8, 4) is 11.5 Å². The number of halogens is 2. The van der Waals surface area contributed by atoms with Gasteiger partial charge in [-0.1, -0.05) is 0 Å². The molecule has 13 heteroatoms. The molecule has 3 N–H and O–H groups in total. The molecule has 26 heavy (non-hydrogen) atoms. The quantitative estimate of drug-likeness (QED) is 0.365. The summed E-state index contributed by atoms with van der Waals surface area (Å²) >= 11 is 12.2. The van der Waals surface area contributed by atoms with Crippen LogP contribution >= 0.6 is 42.1 Å². The lowest BCUT2D eigenvalue weighted by Gasteiger charge is -2.11. The first-order valence-corrected chi connectivity index (χ1v) is 12.3. The van der Waals surface area contributed by atoms with Crippen LogP contribution in [0.25, 0.3) is 10.1 Å². The molecule has 0 bridgehead atoms. The number of fused-ring (bicyclic) bond motifs is 1. The molecule has 0 spiro atoms. The van der Waals surface area contributed by atoms with Crippen molar-refractivity contribution in [3.63, 3.8) is 0 Å². The fourth-order valence-electron chi connectivity index (χ4n) is 1.92. The first kappa shape index (κ1) is 21.7. The first-order valence-electron chi connectivity index (χ1n) is 7.15. The van der Waals surface area contributed by atoms with Gasteiger partial charge < -0.3 is 19.3 Å². The Morgan fingerprint density at radius 1 is 1.08 bits per heavy atom. The molecule has 0 saturated heterocycles. The average Bonchev–Trinajstić information content (AvgIpc) is 2.99. The second-order valence-electron chi connectivity index (χ2n) is 4.95. The van der Waals surface area contributed by atoms with Crippen molar-refractivity contribution < 1.29 is 32.2 Å². The summed E-state index contributed by atoms with van der Waals surface area (Å²) in [6.07, 6.45) is -0.974. The van der Waals surface area contributed by atoms with Crippen LogP contribution in [0.4, 0.5) is 0 Å². The summed E-state index contributed by atoms with van der Waals surface area (Å²) in [4.78, 5) is 17.7. The van der Waals surface area contributed by atoms with Gasteiger partial charge in [0.1, 0.15) is 23.7 Å². The van der Waals surface area contributed by atoms with E-state index in [9.17, 15) is 13.0 Å². The fourth-order valence-corrected chi connectivity index (χ4v) is 5.54. The second-order valence-corrected chi connectivity index (χ2v) is 10.4. The summed E-state index contributed by atoms with van der Waals surface area (Å²) in [6.45, 7) is 0.480. The van der Waals surface area contributed by atoms with Crippen LogP contribution in [0.1, 0.15) is 0 Å². The number of rotatable bonds is 10. The van der Waals surface area contributed by atoms with E-state index in [1.807, 2.05) is 4.72 Å². The molecule has 0 aliphatic heterocycles. The summed E-state index contributed by atoms with van der Waals surface area (Å²) in [5.74, 6) is 1.33. The molecule has 1 heterocycles. The summed E-state index contributed by atoms with van der Waals surface area (Å²) in [6, 6.07) is 4.63. The van der Waals surface area contributed by atoms with E-state index in [0.717, 1.165) is 11.3 Å². The van der Waals surface area contributed by atoms with Gasteiger partial charge in [-0.15, -0.1) is 34.5 Å². The number of benzene rings is 1. The SMILES string of the molecule is O=P(O)(O)CNS(=O)(=O)c1cc2cc(OCCCl)c(OCCCl)cc2s1. The normalized spacial score (nSPS) is 12.5. The van der Waals surface area contributed by atoms with Crippen LogP contribution in [-0.2, 0) is 14.6 Å². The maximum atomic E-state index is 12.2. The number of hydrogen-bond acceptors (Lipinski definition) is 6. The first-order chi connectivity index (χ1) is 12.2. The molecular formula is C13H16Cl2NO7PS2. The van der Waals surface area contributed by atoms with Crippen molar-refractivity contribution in [3.05, 3.63) is 18.2 Å².